The van der Waals surface area contributed by atoms with Crippen LogP contribution in [0.2, 0.25) is 0 Å². The maximum atomic E-state index is 12.1. The molecule has 2 rings (SSSR count). The number of thioether (sulfide) groups is 1. The van der Waals surface area contributed by atoms with Gasteiger partial charge in [-0.3, -0.25) is 20.4 Å². The van der Waals surface area contributed by atoms with Crippen LogP contribution in [0.4, 0.5) is 0 Å². The highest BCUT2D eigenvalue weighted by Gasteiger charge is 2.12. The van der Waals surface area contributed by atoms with E-state index in [1.807, 2.05) is 37.3 Å². The Morgan fingerprint density at radius 3 is 2.48 bits per heavy atom. The summed E-state index contributed by atoms with van der Waals surface area (Å²) in [6.07, 6.45) is 0. The second kappa shape index (κ2) is 9.58. The van der Waals surface area contributed by atoms with Crippen LogP contribution in [-0.4, -0.2) is 31.3 Å². The van der Waals surface area contributed by atoms with Crippen molar-refractivity contribution >= 4 is 23.6 Å². The van der Waals surface area contributed by atoms with Crippen LogP contribution in [0.1, 0.15) is 17.3 Å². The fourth-order valence-electron chi connectivity index (χ4n) is 1.98. The Bertz CT molecular complexity index is 722. The standard InChI is InChI=1S/C18H20N2O4S/c1-3-24-15-10-9-13(11-16(15)23-2)18(22)20-19-17(21)12-25-14-7-5-4-6-8-14/h4-11H,3,12H2,1-2H3,(H,19,21)(H,20,22). The topological polar surface area (TPSA) is 76.7 Å². The van der Waals surface area contributed by atoms with Gasteiger partial charge in [0.05, 0.1) is 19.5 Å². The number of hydrogen-bond acceptors (Lipinski definition) is 5. The molecule has 0 radical (unpaired) electrons. The van der Waals surface area contributed by atoms with Gasteiger partial charge in [0, 0.05) is 10.5 Å². The van der Waals surface area contributed by atoms with Crippen molar-refractivity contribution in [2.45, 2.75) is 11.8 Å². The lowest BCUT2D eigenvalue weighted by Crippen LogP contribution is -2.42. The highest BCUT2D eigenvalue weighted by molar-refractivity contribution is 8.00. The molecule has 0 fully saturated rings. The van der Waals surface area contributed by atoms with E-state index in [4.69, 9.17) is 9.47 Å². The second-order valence-corrected chi connectivity index (χ2v) is 5.95. The highest BCUT2D eigenvalue weighted by Crippen LogP contribution is 2.27. The van der Waals surface area contributed by atoms with Gasteiger partial charge < -0.3 is 9.47 Å². The molecule has 0 heterocycles. The number of hydrazine groups is 1. The third kappa shape index (κ3) is 5.72. The van der Waals surface area contributed by atoms with E-state index in [2.05, 4.69) is 10.9 Å². The average molecular weight is 360 g/mol. The molecule has 0 aliphatic rings. The Kier molecular flexibility index (Phi) is 7.16. The third-order valence-corrected chi connectivity index (χ3v) is 4.17. The zero-order chi connectivity index (χ0) is 18.1. The molecular weight excluding hydrogens is 340 g/mol. The number of benzene rings is 2. The second-order valence-electron chi connectivity index (χ2n) is 4.90. The van der Waals surface area contributed by atoms with Crippen molar-refractivity contribution in [1.29, 1.82) is 0 Å². The first kappa shape index (κ1) is 18.7. The maximum Gasteiger partial charge on any atom is 0.269 e. The average Bonchev–Trinajstić information content (AvgIpc) is 2.65. The quantitative estimate of drug-likeness (QED) is 0.586. The smallest absolute Gasteiger partial charge is 0.269 e. The van der Waals surface area contributed by atoms with Crippen molar-refractivity contribution in [1.82, 2.24) is 10.9 Å². The number of hydrogen-bond donors (Lipinski definition) is 2. The minimum absolute atomic E-state index is 0.205. The van der Waals surface area contributed by atoms with Gasteiger partial charge in [-0.1, -0.05) is 18.2 Å². The molecule has 132 valence electrons. The molecule has 7 heteroatoms. The molecule has 6 nitrogen and oxygen atoms in total. The zero-order valence-electron chi connectivity index (χ0n) is 14.1. The SMILES string of the molecule is CCOc1ccc(C(=O)NNC(=O)CSc2ccccc2)cc1OC. The van der Waals surface area contributed by atoms with Gasteiger partial charge in [-0.25, -0.2) is 0 Å². The van der Waals surface area contributed by atoms with Crippen LogP contribution in [0, 0.1) is 0 Å². The number of rotatable bonds is 7. The van der Waals surface area contributed by atoms with Crippen LogP contribution in [0.25, 0.3) is 0 Å². The van der Waals surface area contributed by atoms with Crippen LogP contribution >= 0.6 is 11.8 Å². The molecule has 0 saturated carbocycles. The van der Waals surface area contributed by atoms with Gasteiger partial charge in [0.1, 0.15) is 0 Å². The monoisotopic (exact) mass is 360 g/mol. The van der Waals surface area contributed by atoms with E-state index in [1.54, 1.807) is 18.2 Å². The summed E-state index contributed by atoms with van der Waals surface area (Å²) < 4.78 is 10.6. The molecule has 0 aliphatic carbocycles. The van der Waals surface area contributed by atoms with Gasteiger partial charge in [-0.05, 0) is 37.3 Å². The molecule has 0 unspecified atom stereocenters. The number of ether oxygens (including phenoxy) is 2. The summed E-state index contributed by atoms with van der Waals surface area (Å²) in [6, 6.07) is 14.4. The van der Waals surface area contributed by atoms with Crippen LogP contribution in [0.3, 0.4) is 0 Å². The van der Waals surface area contributed by atoms with E-state index in [0.717, 1.165) is 4.90 Å². The number of methoxy groups -OCH3 is 1. The Labute approximate surface area is 150 Å². The van der Waals surface area contributed by atoms with E-state index in [0.29, 0.717) is 23.7 Å². The number of nitrogens with one attached hydrogen (secondary N) is 2. The summed E-state index contributed by atoms with van der Waals surface area (Å²) in [5.41, 5.74) is 5.14. The molecule has 0 atom stereocenters. The molecule has 25 heavy (non-hydrogen) atoms. The van der Waals surface area contributed by atoms with E-state index in [1.165, 1.54) is 18.9 Å². The maximum absolute atomic E-state index is 12.1. The third-order valence-electron chi connectivity index (χ3n) is 3.15. The van der Waals surface area contributed by atoms with Crippen LogP contribution < -0.4 is 20.3 Å². The van der Waals surface area contributed by atoms with Crippen LogP contribution in [0.5, 0.6) is 11.5 Å². The molecule has 2 N–H and O–H groups in total. The predicted molar refractivity (Wildman–Crippen MR) is 96.9 cm³/mol. The van der Waals surface area contributed by atoms with E-state index < -0.39 is 5.91 Å². The van der Waals surface area contributed by atoms with Crippen LogP contribution in [-0.2, 0) is 4.79 Å². The van der Waals surface area contributed by atoms with Crippen molar-refractivity contribution in [2.75, 3.05) is 19.5 Å². The van der Waals surface area contributed by atoms with Gasteiger partial charge in [-0.15, -0.1) is 11.8 Å². The fourth-order valence-corrected chi connectivity index (χ4v) is 2.70. The summed E-state index contributed by atoms with van der Waals surface area (Å²) in [4.78, 5) is 24.9. The summed E-state index contributed by atoms with van der Waals surface area (Å²) in [5.74, 6) is 0.501. The Hall–Kier alpha value is -2.67. The minimum Gasteiger partial charge on any atom is -0.493 e. The van der Waals surface area contributed by atoms with Gasteiger partial charge in [0.25, 0.3) is 5.91 Å². The molecule has 2 aromatic carbocycles. The van der Waals surface area contributed by atoms with Gasteiger partial charge in [0.2, 0.25) is 5.91 Å². The molecule has 2 aromatic rings. The molecule has 0 saturated heterocycles. The molecule has 0 aromatic heterocycles. The van der Waals surface area contributed by atoms with Gasteiger partial charge in [-0.2, -0.15) is 0 Å². The van der Waals surface area contributed by atoms with E-state index >= 15 is 0 Å². The molecule has 0 spiro atoms. The predicted octanol–water partition coefficient (Wildman–Crippen LogP) is 2.65. The fraction of sp³-hybridized carbons (Fsp3) is 0.222. The first-order chi connectivity index (χ1) is 12.1. The molecule has 0 bridgehead atoms. The Morgan fingerprint density at radius 1 is 1.04 bits per heavy atom. The zero-order valence-corrected chi connectivity index (χ0v) is 14.9. The largest absolute Gasteiger partial charge is 0.493 e. The van der Waals surface area contributed by atoms with Crippen LogP contribution in [0.15, 0.2) is 53.4 Å². The normalized spacial score (nSPS) is 10.0. The van der Waals surface area contributed by atoms with Gasteiger partial charge >= 0.3 is 0 Å². The lowest BCUT2D eigenvalue weighted by molar-refractivity contribution is -0.119. The number of carbonyl (C=O) groups excluding carboxylic acids is 2. The Balaban J connectivity index is 1.86. The van der Waals surface area contributed by atoms with Crippen molar-refractivity contribution < 1.29 is 19.1 Å². The molecule has 0 aliphatic heterocycles. The van der Waals surface area contributed by atoms with Crippen molar-refractivity contribution in [3.05, 3.63) is 54.1 Å². The lowest BCUT2D eigenvalue weighted by Gasteiger charge is -2.11. The summed E-state index contributed by atoms with van der Waals surface area (Å²) in [6.45, 7) is 2.36. The Morgan fingerprint density at radius 2 is 1.80 bits per heavy atom. The minimum atomic E-state index is -0.431. The first-order valence-electron chi connectivity index (χ1n) is 7.72. The first-order valence-corrected chi connectivity index (χ1v) is 8.70. The van der Waals surface area contributed by atoms with Crippen molar-refractivity contribution in [2.24, 2.45) is 0 Å². The highest BCUT2D eigenvalue weighted by atomic mass is 32.2. The summed E-state index contributed by atoms with van der Waals surface area (Å²) >= 11 is 1.39. The molecular formula is C18H20N2O4S. The lowest BCUT2D eigenvalue weighted by atomic mass is 10.2. The number of amides is 2. The van der Waals surface area contributed by atoms with E-state index in [9.17, 15) is 9.59 Å². The van der Waals surface area contributed by atoms with E-state index in [-0.39, 0.29) is 11.7 Å². The van der Waals surface area contributed by atoms with Crippen molar-refractivity contribution in [3.63, 3.8) is 0 Å². The van der Waals surface area contributed by atoms with Gasteiger partial charge in [0.15, 0.2) is 11.5 Å². The number of carbonyl (C=O) groups is 2. The summed E-state index contributed by atoms with van der Waals surface area (Å²) in [5, 5.41) is 0. The summed E-state index contributed by atoms with van der Waals surface area (Å²) in [7, 11) is 1.50. The van der Waals surface area contributed by atoms with Crippen molar-refractivity contribution in [3.8, 4) is 11.5 Å². The molecule has 2 amide bonds.